The summed E-state index contributed by atoms with van der Waals surface area (Å²) in [5.41, 5.74) is 1.49. The van der Waals surface area contributed by atoms with Crippen LogP contribution in [0.2, 0.25) is 0 Å². The quantitative estimate of drug-likeness (QED) is 0.112. The fraction of sp³-hybridized carbons (Fsp3) is 0.755. The number of allylic oxidation sites excluding steroid dienone is 6. The third-order valence-corrected chi connectivity index (χ3v) is 15.5. The van der Waals surface area contributed by atoms with Crippen molar-refractivity contribution in [3.8, 4) is 0 Å². The molecular formula is C53H82N2O12. The van der Waals surface area contributed by atoms with E-state index < -0.39 is 71.8 Å². The minimum Gasteiger partial charge on any atom is -0.461 e. The van der Waals surface area contributed by atoms with Crippen molar-refractivity contribution in [1.82, 2.24) is 9.80 Å². The van der Waals surface area contributed by atoms with Crippen molar-refractivity contribution in [1.29, 1.82) is 0 Å². The molecule has 0 aromatic heterocycles. The Morgan fingerprint density at radius 3 is 2.21 bits per heavy atom. The summed E-state index contributed by atoms with van der Waals surface area (Å²) in [5, 5.41) is 34.1. The summed E-state index contributed by atoms with van der Waals surface area (Å²) in [5.74, 6) is -6.33. The first-order valence-corrected chi connectivity index (χ1v) is 25.2. The maximum absolute atomic E-state index is 14.4. The molecule has 15 atom stereocenters. The van der Waals surface area contributed by atoms with Gasteiger partial charge in [0.1, 0.15) is 24.4 Å². The van der Waals surface area contributed by atoms with Crippen LogP contribution in [0.4, 0.5) is 0 Å². The van der Waals surface area contributed by atoms with Crippen LogP contribution in [0, 0.1) is 35.5 Å². The van der Waals surface area contributed by atoms with Crippen molar-refractivity contribution in [2.45, 2.75) is 193 Å². The van der Waals surface area contributed by atoms with Gasteiger partial charge in [-0.25, -0.2) is 4.79 Å². The van der Waals surface area contributed by atoms with Crippen molar-refractivity contribution >= 4 is 29.4 Å². The number of nitrogens with zero attached hydrogens (tertiary/aromatic N) is 2. The molecule has 0 spiro atoms. The highest BCUT2D eigenvalue weighted by molar-refractivity contribution is 6.39. The number of fused-ring (bicyclic) bond motifs is 3. The number of esters is 1. The van der Waals surface area contributed by atoms with Gasteiger partial charge in [0.25, 0.3) is 11.7 Å². The molecule has 67 heavy (non-hydrogen) atoms. The number of hydrogen-bond donors (Lipinski definition) is 3. The molecule has 376 valence electrons. The van der Waals surface area contributed by atoms with Gasteiger partial charge in [0.15, 0.2) is 5.78 Å². The number of aliphatic hydroxyl groups excluding tert-OH is 2. The second kappa shape index (κ2) is 24.8. The van der Waals surface area contributed by atoms with Crippen LogP contribution in [0.25, 0.3) is 0 Å². The van der Waals surface area contributed by atoms with Gasteiger partial charge in [-0.1, -0.05) is 76.6 Å². The topological polar surface area (TPSA) is 189 Å². The van der Waals surface area contributed by atoms with Gasteiger partial charge in [0.05, 0.1) is 24.4 Å². The van der Waals surface area contributed by atoms with Gasteiger partial charge in [-0.15, -0.1) is 0 Å². The number of likely N-dealkylation sites (tertiary alicyclic amines) is 1. The number of methoxy groups -OCH3 is 2. The minimum absolute atomic E-state index is 0.00330. The lowest BCUT2D eigenvalue weighted by Crippen LogP contribution is -2.61. The normalized spacial score (nSPS) is 40.6. The highest BCUT2D eigenvalue weighted by atomic mass is 16.6. The molecule has 4 heterocycles. The molecule has 4 aliphatic heterocycles. The molecule has 0 aromatic carbocycles. The number of aliphatic hydroxyl groups is 3. The number of ketones is 2. The number of ether oxygens (including phenoxy) is 4. The van der Waals surface area contributed by atoms with Gasteiger partial charge in [0, 0.05) is 45.6 Å². The van der Waals surface area contributed by atoms with Crippen LogP contribution in [0.15, 0.2) is 47.6 Å². The first-order chi connectivity index (χ1) is 31.8. The number of carbonyl (C=O) groups excluding carboxylic acids is 5. The zero-order valence-corrected chi connectivity index (χ0v) is 41.8. The Hall–Kier alpha value is -3.53. The third-order valence-electron chi connectivity index (χ3n) is 15.5. The van der Waals surface area contributed by atoms with E-state index in [4.69, 9.17) is 18.9 Å². The van der Waals surface area contributed by atoms with Crippen LogP contribution in [-0.4, -0.2) is 136 Å². The molecular weight excluding hydrogens is 857 g/mol. The van der Waals surface area contributed by atoms with Crippen LogP contribution in [0.3, 0.4) is 0 Å². The highest BCUT2D eigenvalue weighted by Gasteiger charge is 2.53. The molecule has 14 nitrogen and oxygen atoms in total. The lowest BCUT2D eigenvalue weighted by molar-refractivity contribution is -0.264. The molecule has 0 aromatic rings. The zero-order valence-electron chi connectivity index (χ0n) is 41.8. The van der Waals surface area contributed by atoms with Crippen molar-refractivity contribution in [2.24, 2.45) is 35.5 Å². The van der Waals surface area contributed by atoms with Crippen LogP contribution in [0.5, 0.6) is 0 Å². The van der Waals surface area contributed by atoms with Crippen molar-refractivity contribution < 1.29 is 58.2 Å². The predicted molar refractivity (Wildman–Crippen MR) is 254 cm³/mol. The monoisotopic (exact) mass is 939 g/mol. The minimum atomic E-state index is -2.43. The van der Waals surface area contributed by atoms with Crippen LogP contribution in [-0.2, 0) is 42.9 Å². The first-order valence-electron chi connectivity index (χ1n) is 25.2. The molecule has 5 rings (SSSR count). The number of β-lactam (4-membered cyclic amide) rings is 1. The summed E-state index contributed by atoms with van der Waals surface area (Å²) in [6, 6.07) is -1.41. The fourth-order valence-corrected chi connectivity index (χ4v) is 11.1. The number of Topliss-reactive ketones (excluding diaryl/α,β-unsaturated/α-hetero) is 2. The molecule has 3 N–H and O–H groups in total. The smallest absolute Gasteiger partial charge is 0.329 e. The summed E-state index contributed by atoms with van der Waals surface area (Å²) >= 11 is 0. The largest absolute Gasteiger partial charge is 0.461 e. The molecule has 2 amide bonds. The Morgan fingerprint density at radius 1 is 0.791 bits per heavy atom. The maximum atomic E-state index is 14.4. The van der Waals surface area contributed by atoms with Gasteiger partial charge >= 0.3 is 5.97 Å². The molecule has 1 aliphatic carbocycles. The molecule has 1 saturated carbocycles. The molecule has 1 unspecified atom stereocenters. The molecule has 14 heteroatoms. The van der Waals surface area contributed by atoms with Crippen LogP contribution < -0.4 is 0 Å². The second-order valence-corrected chi connectivity index (χ2v) is 20.8. The average Bonchev–Trinajstić information content (AvgIpc) is 3.30. The molecule has 5 aliphatic rings. The number of carbonyl (C=O) groups is 5. The zero-order chi connectivity index (χ0) is 49.2. The first kappa shape index (κ1) is 54.4. The van der Waals surface area contributed by atoms with E-state index >= 15 is 0 Å². The highest BCUT2D eigenvalue weighted by Crippen LogP contribution is 2.38. The Balaban J connectivity index is 1.46. The lowest BCUT2D eigenvalue weighted by Gasteiger charge is -2.45. The summed E-state index contributed by atoms with van der Waals surface area (Å²) in [6.07, 6.45) is 14.9. The van der Waals surface area contributed by atoms with E-state index in [2.05, 4.69) is 6.92 Å². The number of rotatable bonds is 6. The summed E-state index contributed by atoms with van der Waals surface area (Å²) < 4.78 is 23.9. The van der Waals surface area contributed by atoms with Crippen molar-refractivity contribution in [3.63, 3.8) is 0 Å². The molecule has 0 radical (unpaired) electrons. The second-order valence-electron chi connectivity index (χ2n) is 20.8. The fourth-order valence-electron chi connectivity index (χ4n) is 11.1. The predicted octanol–water partition coefficient (Wildman–Crippen LogP) is 6.59. The van der Waals surface area contributed by atoms with E-state index in [9.17, 15) is 39.3 Å². The summed E-state index contributed by atoms with van der Waals surface area (Å²) in [7, 11) is 3.04. The third kappa shape index (κ3) is 13.8. The van der Waals surface area contributed by atoms with Crippen LogP contribution in [0.1, 0.15) is 138 Å². The van der Waals surface area contributed by atoms with E-state index in [1.54, 1.807) is 25.9 Å². The Kier molecular flexibility index (Phi) is 20.2. The number of hydrogen-bond acceptors (Lipinski definition) is 12. The van der Waals surface area contributed by atoms with E-state index in [-0.39, 0.29) is 54.1 Å². The number of piperidine rings is 1. The van der Waals surface area contributed by atoms with Crippen molar-refractivity contribution in [3.05, 3.63) is 47.6 Å². The molecule has 2 bridgehead atoms. The van der Waals surface area contributed by atoms with Gasteiger partial charge in [-0.2, -0.15) is 0 Å². The summed E-state index contributed by atoms with van der Waals surface area (Å²) in [4.78, 5) is 72.8. The van der Waals surface area contributed by atoms with Gasteiger partial charge in [-0.05, 0) is 127 Å². The molecule has 3 saturated heterocycles. The number of amides is 2. The van der Waals surface area contributed by atoms with Gasteiger partial charge < -0.3 is 44.1 Å². The van der Waals surface area contributed by atoms with E-state index in [1.165, 1.54) is 12.0 Å². The Bertz CT molecular complexity index is 1840. The standard InChI is InChI=1S/C53H82N2O12/c1-32-15-11-10-12-16-34(3)42(54-26-24-46(54)57)31-40-21-19-38(7)53(63,67-40)50(60)51(61)55-25-14-13-17-41(55)52(62)66-44(35(4)29-39-20-22-43(56)45(30-39)64-8)23-18-33(2)28-37(6)48(59)49(65-9)47(58)36(5)27-32/h10-12,15-16,28,32-33,35-36,38-45,48-49,56,59,63H,13-14,17-27,29-31H2,1-9H3/b12-10+,15-11+,34-16+,37-28+/t32-,33+,35-,36-,38-,39+,40+,41+,42?,43-,44+,45-,48-,49+,53-/m1/s1. The van der Waals surface area contributed by atoms with Crippen LogP contribution >= 0.6 is 0 Å². The Labute approximate surface area is 399 Å². The van der Waals surface area contributed by atoms with Gasteiger partial charge in [-0.3, -0.25) is 19.2 Å². The average molecular weight is 939 g/mol. The van der Waals surface area contributed by atoms with Gasteiger partial charge in [0.2, 0.25) is 11.7 Å². The number of cyclic esters (lactones) is 1. The lowest BCUT2D eigenvalue weighted by atomic mass is 9.78. The SMILES string of the molecule is CO[C@@H]1C[C@H](C[C@@H](C)[C@@H]2CC[C@H](C)/C=C(\C)[C@@H](O)[C@@H](OC)C(=O)[C@H](C)C[C@H](C)/C=C/C=C/C=C(\C)C(N3CCC3=O)C[C@@H]3CC[C@@H](C)[C@@](O)(O3)C(=O)C(=O)N3CCCC[C@H]3C(=O)O2)CC[C@H]1O. The van der Waals surface area contributed by atoms with E-state index in [1.807, 2.05) is 64.2 Å². The summed E-state index contributed by atoms with van der Waals surface area (Å²) in [6.45, 7) is 14.1. The Morgan fingerprint density at radius 2 is 1.54 bits per heavy atom. The molecule has 4 fully saturated rings. The van der Waals surface area contributed by atoms with Crippen molar-refractivity contribution in [2.75, 3.05) is 27.3 Å². The van der Waals surface area contributed by atoms with E-state index in [0.717, 1.165) is 12.0 Å². The maximum Gasteiger partial charge on any atom is 0.329 e. The van der Waals surface area contributed by atoms with E-state index in [0.29, 0.717) is 95.6 Å².